The second-order valence-electron chi connectivity index (χ2n) is 7.68. The van der Waals surface area contributed by atoms with E-state index in [0.717, 1.165) is 38.3 Å². The SMILES string of the molecule is c1ccc2c(CCCNSc3ccc(OCCN4CCCCC4)cc3)c[nH]c2c1. The number of aromatic amines is 1. The molecule has 0 bridgehead atoms. The lowest BCUT2D eigenvalue weighted by atomic mass is 10.1. The lowest BCUT2D eigenvalue weighted by Crippen LogP contribution is -2.33. The summed E-state index contributed by atoms with van der Waals surface area (Å²) >= 11 is 1.69. The highest BCUT2D eigenvalue weighted by Gasteiger charge is 2.09. The molecule has 4 nitrogen and oxygen atoms in total. The van der Waals surface area contributed by atoms with Gasteiger partial charge in [-0.25, -0.2) is 0 Å². The topological polar surface area (TPSA) is 40.3 Å². The second kappa shape index (κ2) is 10.7. The van der Waals surface area contributed by atoms with Crippen LogP contribution in [-0.4, -0.2) is 42.7 Å². The van der Waals surface area contributed by atoms with Gasteiger partial charge in [-0.3, -0.25) is 9.62 Å². The number of piperidine rings is 1. The zero-order chi connectivity index (χ0) is 19.7. The van der Waals surface area contributed by atoms with Crippen LogP contribution in [0, 0.1) is 0 Å². The van der Waals surface area contributed by atoms with Crippen molar-refractivity contribution in [2.24, 2.45) is 0 Å². The molecule has 0 atom stereocenters. The number of aromatic nitrogens is 1. The van der Waals surface area contributed by atoms with Crippen LogP contribution >= 0.6 is 11.9 Å². The molecule has 2 aromatic carbocycles. The van der Waals surface area contributed by atoms with E-state index in [9.17, 15) is 0 Å². The number of nitrogens with one attached hydrogen (secondary N) is 2. The first-order valence-corrected chi connectivity index (χ1v) is 11.6. The van der Waals surface area contributed by atoms with Gasteiger partial charge in [0, 0.05) is 35.1 Å². The molecule has 1 aromatic heterocycles. The largest absolute Gasteiger partial charge is 0.492 e. The van der Waals surface area contributed by atoms with Crippen LogP contribution in [0.2, 0.25) is 0 Å². The van der Waals surface area contributed by atoms with Crippen molar-refractivity contribution >= 4 is 22.9 Å². The van der Waals surface area contributed by atoms with Gasteiger partial charge in [0.25, 0.3) is 0 Å². The van der Waals surface area contributed by atoms with Crippen LogP contribution in [0.25, 0.3) is 10.9 Å². The Balaban J connectivity index is 1.12. The van der Waals surface area contributed by atoms with Crippen molar-refractivity contribution in [3.8, 4) is 5.75 Å². The number of H-pyrrole nitrogens is 1. The molecule has 1 aliphatic heterocycles. The zero-order valence-corrected chi connectivity index (χ0v) is 17.8. The van der Waals surface area contributed by atoms with Gasteiger partial charge >= 0.3 is 0 Å². The predicted octanol–water partition coefficient (Wildman–Crippen LogP) is 5.26. The number of hydrogen-bond acceptors (Lipinski definition) is 4. The average Bonchev–Trinajstić information content (AvgIpc) is 3.18. The van der Waals surface area contributed by atoms with E-state index in [2.05, 4.69) is 69.3 Å². The van der Waals surface area contributed by atoms with Crippen LogP contribution in [0.1, 0.15) is 31.2 Å². The van der Waals surface area contributed by atoms with Gasteiger partial charge in [0.15, 0.2) is 0 Å². The number of ether oxygens (including phenoxy) is 1. The molecule has 1 saturated heterocycles. The Kier molecular flexibility index (Phi) is 7.51. The fourth-order valence-corrected chi connectivity index (χ4v) is 4.59. The summed E-state index contributed by atoms with van der Waals surface area (Å²) in [6, 6.07) is 16.9. The van der Waals surface area contributed by atoms with Gasteiger partial charge in [-0.15, -0.1) is 0 Å². The van der Waals surface area contributed by atoms with Crippen molar-refractivity contribution in [2.45, 2.75) is 37.0 Å². The maximum Gasteiger partial charge on any atom is 0.119 e. The third-order valence-corrected chi connectivity index (χ3v) is 6.39. The fraction of sp³-hybridized carbons (Fsp3) is 0.417. The third kappa shape index (κ3) is 6.01. The van der Waals surface area contributed by atoms with Crippen LogP contribution in [0.15, 0.2) is 59.6 Å². The lowest BCUT2D eigenvalue weighted by Gasteiger charge is -2.26. The molecule has 3 aromatic rings. The normalized spacial score (nSPS) is 15.0. The summed E-state index contributed by atoms with van der Waals surface area (Å²) in [4.78, 5) is 7.08. The first-order valence-electron chi connectivity index (χ1n) is 10.8. The minimum atomic E-state index is 0.776. The van der Waals surface area contributed by atoms with Crippen LogP contribution in [0.5, 0.6) is 5.75 Å². The number of rotatable bonds is 10. The molecule has 0 saturated carbocycles. The van der Waals surface area contributed by atoms with E-state index in [1.165, 1.54) is 53.7 Å². The number of fused-ring (bicyclic) bond motifs is 1. The highest BCUT2D eigenvalue weighted by Crippen LogP contribution is 2.21. The van der Waals surface area contributed by atoms with Gasteiger partial charge in [0.05, 0.1) is 0 Å². The molecular formula is C24H31N3OS. The molecule has 5 heteroatoms. The zero-order valence-electron chi connectivity index (χ0n) is 17.0. The third-order valence-electron chi connectivity index (χ3n) is 5.54. The summed E-state index contributed by atoms with van der Waals surface area (Å²) in [5.41, 5.74) is 2.63. The summed E-state index contributed by atoms with van der Waals surface area (Å²) in [6.45, 7) is 5.25. The van der Waals surface area contributed by atoms with E-state index in [0.29, 0.717) is 0 Å². The number of likely N-dealkylation sites (tertiary alicyclic amines) is 1. The summed E-state index contributed by atoms with van der Waals surface area (Å²) in [5.74, 6) is 0.964. The van der Waals surface area contributed by atoms with Gasteiger partial charge < -0.3 is 9.72 Å². The van der Waals surface area contributed by atoms with Crippen molar-refractivity contribution in [1.29, 1.82) is 0 Å². The number of aryl methyl sites for hydroxylation is 1. The quantitative estimate of drug-likeness (QED) is 0.354. The Morgan fingerprint density at radius 3 is 2.69 bits per heavy atom. The molecule has 0 amide bonds. The summed E-state index contributed by atoms with van der Waals surface area (Å²) < 4.78 is 9.39. The smallest absolute Gasteiger partial charge is 0.119 e. The molecule has 0 radical (unpaired) electrons. The average molecular weight is 410 g/mol. The van der Waals surface area contributed by atoms with Gasteiger partial charge in [0.1, 0.15) is 12.4 Å². The van der Waals surface area contributed by atoms with Crippen molar-refractivity contribution in [3.05, 3.63) is 60.3 Å². The molecule has 2 N–H and O–H groups in total. The molecule has 154 valence electrons. The van der Waals surface area contributed by atoms with E-state index in [4.69, 9.17) is 4.74 Å². The Morgan fingerprint density at radius 1 is 1.00 bits per heavy atom. The van der Waals surface area contributed by atoms with E-state index < -0.39 is 0 Å². The van der Waals surface area contributed by atoms with Crippen LogP contribution in [0.4, 0.5) is 0 Å². The highest BCUT2D eigenvalue weighted by molar-refractivity contribution is 7.97. The minimum Gasteiger partial charge on any atom is -0.492 e. The van der Waals surface area contributed by atoms with Crippen LogP contribution in [-0.2, 0) is 6.42 Å². The van der Waals surface area contributed by atoms with Crippen molar-refractivity contribution < 1.29 is 4.74 Å². The number of benzene rings is 2. The minimum absolute atomic E-state index is 0.776. The monoisotopic (exact) mass is 409 g/mol. The molecule has 29 heavy (non-hydrogen) atoms. The highest BCUT2D eigenvalue weighted by atomic mass is 32.2. The van der Waals surface area contributed by atoms with E-state index >= 15 is 0 Å². The number of hydrogen-bond donors (Lipinski definition) is 2. The van der Waals surface area contributed by atoms with E-state index in [1.807, 2.05) is 0 Å². The van der Waals surface area contributed by atoms with Crippen molar-refractivity contribution in [1.82, 2.24) is 14.6 Å². The standard InChI is InChI=1S/C24H31N3OS/c1-4-15-27(16-5-1)17-18-28-21-10-12-22(13-11-21)29-26-14-6-7-20-19-25-24-9-3-2-8-23(20)24/h2-3,8-13,19,25-26H,1,4-7,14-18H2. The Hall–Kier alpha value is -1.95. The van der Waals surface area contributed by atoms with Gasteiger partial charge in [-0.1, -0.05) is 24.6 Å². The number of para-hydroxylation sites is 1. The molecule has 1 fully saturated rings. The van der Waals surface area contributed by atoms with E-state index in [-0.39, 0.29) is 0 Å². The Bertz CT molecular complexity index is 871. The molecule has 0 aliphatic carbocycles. The maximum absolute atomic E-state index is 5.91. The van der Waals surface area contributed by atoms with Crippen molar-refractivity contribution in [3.63, 3.8) is 0 Å². The van der Waals surface area contributed by atoms with E-state index in [1.54, 1.807) is 11.9 Å². The summed E-state index contributed by atoms with van der Waals surface area (Å²) in [5, 5.41) is 1.34. The number of nitrogens with zero attached hydrogens (tertiary/aromatic N) is 1. The molecule has 1 aliphatic rings. The summed E-state index contributed by atoms with van der Waals surface area (Å²) in [6.07, 6.45) is 8.39. The van der Waals surface area contributed by atoms with Gasteiger partial charge in [-0.2, -0.15) is 0 Å². The van der Waals surface area contributed by atoms with Crippen LogP contribution in [0.3, 0.4) is 0 Å². The summed E-state index contributed by atoms with van der Waals surface area (Å²) in [7, 11) is 0. The second-order valence-corrected chi connectivity index (χ2v) is 8.65. The van der Waals surface area contributed by atoms with Crippen molar-refractivity contribution in [2.75, 3.05) is 32.8 Å². The molecule has 0 unspecified atom stereocenters. The van der Waals surface area contributed by atoms with Gasteiger partial charge in [-0.05, 0) is 86.6 Å². The molecule has 4 rings (SSSR count). The first-order chi connectivity index (χ1) is 14.4. The Labute approximate surface area is 178 Å². The predicted molar refractivity (Wildman–Crippen MR) is 123 cm³/mol. The fourth-order valence-electron chi connectivity index (χ4n) is 3.90. The molecule has 2 heterocycles. The molecular weight excluding hydrogens is 378 g/mol. The molecule has 0 spiro atoms. The lowest BCUT2D eigenvalue weighted by molar-refractivity contribution is 0.183. The van der Waals surface area contributed by atoms with Gasteiger partial charge in [0.2, 0.25) is 0 Å². The first kappa shape index (κ1) is 20.3. The van der Waals surface area contributed by atoms with Crippen LogP contribution < -0.4 is 9.46 Å². The maximum atomic E-state index is 5.91. The Morgan fingerprint density at radius 2 is 1.83 bits per heavy atom.